The van der Waals surface area contributed by atoms with Crippen molar-refractivity contribution in [3.05, 3.63) is 83.4 Å². The fraction of sp³-hybridized carbons (Fsp3) is 0.375. The zero-order chi connectivity index (χ0) is 29.1. The molecule has 3 fully saturated rings. The van der Waals surface area contributed by atoms with Crippen LogP contribution in [0.15, 0.2) is 60.7 Å². The normalized spacial score (nSPS) is 20.5. The molecule has 6 rings (SSSR count). The molecule has 0 bridgehead atoms. The van der Waals surface area contributed by atoms with Crippen molar-refractivity contribution in [1.82, 2.24) is 9.80 Å². The predicted octanol–water partition coefficient (Wildman–Crippen LogP) is 1.66. The molecule has 42 heavy (non-hydrogen) atoms. The second-order valence-electron chi connectivity index (χ2n) is 11.2. The molecule has 0 unspecified atom stereocenters. The van der Waals surface area contributed by atoms with Crippen molar-refractivity contribution in [3.63, 3.8) is 0 Å². The maximum Gasteiger partial charge on any atom is 0.254 e. The van der Waals surface area contributed by atoms with Gasteiger partial charge in [0.1, 0.15) is 36.2 Å². The zero-order valence-electron chi connectivity index (χ0n) is 23.4. The summed E-state index contributed by atoms with van der Waals surface area (Å²) in [7, 11) is 0. The molecule has 3 aliphatic heterocycles. The van der Waals surface area contributed by atoms with E-state index in [1.54, 1.807) is 40.1 Å². The number of ether oxygens (including phenoxy) is 2. The van der Waals surface area contributed by atoms with Crippen LogP contribution in [0.2, 0.25) is 0 Å². The highest BCUT2D eigenvalue weighted by molar-refractivity contribution is 5.97. The Bertz CT molecular complexity index is 1430. The lowest BCUT2D eigenvalue weighted by atomic mass is 10.0. The molecule has 0 saturated carbocycles. The van der Waals surface area contributed by atoms with E-state index in [1.807, 2.05) is 6.07 Å². The minimum atomic E-state index is -0.512. The van der Waals surface area contributed by atoms with Crippen LogP contribution in [-0.2, 0) is 0 Å². The quantitative estimate of drug-likeness (QED) is 0.446. The van der Waals surface area contributed by atoms with Crippen molar-refractivity contribution in [2.24, 2.45) is 0 Å². The van der Waals surface area contributed by atoms with Crippen LogP contribution < -0.4 is 20.1 Å². The molecule has 10 heteroatoms. The topological polar surface area (TPSA) is 92.3 Å². The van der Waals surface area contributed by atoms with Gasteiger partial charge in [-0.2, -0.15) is 0 Å². The molecule has 3 aromatic carbocycles. The maximum absolute atomic E-state index is 14.4. The van der Waals surface area contributed by atoms with Gasteiger partial charge in [-0.1, -0.05) is 12.1 Å². The first kappa shape index (κ1) is 28.1. The number of hydrogen-bond donors (Lipinski definition) is 2. The van der Waals surface area contributed by atoms with Gasteiger partial charge in [0, 0.05) is 61.8 Å². The minimum Gasteiger partial charge on any atom is -0.484 e. The van der Waals surface area contributed by atoms with E-state index >= 15 is 0 Å². The van der Waals surface area contributed by atoms with Gasteiger partial charge in [0.15, 0.2) is 12.2 Å². The van der Waals surface area contributed by atoms with E-state index in [9.17, 15) is 18.4 Å². The summed E-state index contributed by atoms with van der Waals surface area (Å²) >= 11 is 0. The molecular weight excluding hydrogens is 542 g/mol. The number of halogens is 2. The Morgan fingerprint density at radius 3 is 1.93 bits per heavy atom. The minimum absolute atomic E-state index is 0.00900. The highest BCUT2D eigenvalue weighted by Crippen LogP contribution is 2.33. The van der Waals surface area contributed by atoms with Gasteiger partial charge in [0.05, 0.1) is 13.1 Å². The van der Waals surface area contributed by atoms with E-state index in [1.165, 1.54) is 24.3 Å². The van der Waals surface area contributed by atoms with Gasteiger partial charge in [-0.15, -0.1) is 0 Å². The molecule has 0 aromatic heterocycles. The SMILES string of the molecule is O=C(c1cc(F)cc(O[C@H]2CC[NH2+]C2)c1)N1CCN(C(=O)c2ccc(O[C@H]3CC[NH2+]C3)c(-c3ccc(F)cc3)c2)CC1. The van der Waals surface area contributed by atoms with Gasteiger partial charge in [-0.3, -0.25) is 9.59 Å². The molecule has 4 N–H and O–H groups in total. The molecule has 2 amide bonds. The van der Waals surface area contributed by atoms with Gasteiger partial charge >= 0.3 is 0 Å². The monoisotopic (exact) mass is 578 g/mol. The summed E-state index contributed by atoms with van der Waals surface area (Å²) in [6.45, 7) is 5.03. The largest absolute Gasteiger partial charge is 0.484 e. The second-order valence-corrected chi connectivity index (χ2v) is 11.2. The Hall–Kier alpha value is -4.02. The van der Waals surface area contributed by atoms with E-state index in [2.05, 4.69) is 10.6 Å². The van der Waals surface area contributed by atoms with Crippen LogP contribution in [0.3, 0.4) is 0 Å². The van der Waals surface area contributed by atoms with Crippen molar-refractivity contribution in [1.29, 1.82) is 0 Å². The summed E-state index contributed by atoms with van der Waals surface area (Å²) in [6, 6.07) is 15.7. The van der Waals surface area contributed by atoms with Crippen LogP contribution in [0.5, 0.6) is 11.5 Å². The smallest absolute Gasteiger partial charge is 0.254 e. The summed E-state index contributed by atoms with van der Waals surface area (Å²) in [4.78, 5) is 30.1. The number of carbonyl (C=O) groups excluding carboxylic acids is 2. The first-order valence-corrected chi connectivity index (χ1v) is 14.7. The van der Waals surface area contributed by atoms with E-state index in [0.717, 1.165) is 50.1 Å². The third-order valence-electron chi connectivity index (χ3n) is 8.20. The van der Waals surface area contributed by atoms with Crippen LogP contribution in [0.25, 0.3) is 11.1 Å². The van der Waals surface area contributed by atoms with Crippen LogP contribution in [0, 0.1) is 11.6 Å². The average Bonchev–Trinajstić information content (AvgIpc) is 3.72. The summed E-state index contributed by atoms with van der Waals surface area (Å²) in [6.07, 6.45) is 1.92. The maximum atomic E-state index is 14.4. The highest BCUT2D eigenvalue weighted by Gasteiger charge is 2.28. The molecule has 3 heterocycles. The van der Waals surface area contributed by atoms with Crippen molar-refractivity contribution >= 4 is 11.8 Å². The van der Waals surface area contributed by atoms with Gasteiger partial charge in [0.2, 0.25) is 0 Å². The van der Waals surface area contributed by atoms with Crippen LogP contribution in [0.1, 0.15) is 33.6 Å². The van der Waals surface area contributed by atoms with Crippen LogP contribution in [-0.4, -0.2) is 86.2 Å². The predicted molar refractivity (Wildman–Crippen MR) is 151 cm³/mol. The molecule has 0 spiro atoms. The molecule has 8 nitrogen and oxygen atoms in total. The molecule has 3 aliphatic rings. The lowest BCUT2D eigenvalue weighted by Crippen LogP contribution is -2.81. The van der Waals surface area contributed by atoms with Crippen molar-refractivity contribution < 1.29 is 38.5 Å². The van der Waals surface area contributed by atoms with Crippen LogP contribution in [0.4, 0.5) is 8.78 Å². The summed E-state index contributed by atoms with van der Waals surface area (Å²) in [5.74, 6) is -0.251. The molecule has 0 radical (unpaired) electrons. The zero-order valence-corrected chi connectivity index (χ0v) is 23.4. The fourth-order valence-corrected chi connectivity index (χ4v) is 5.89. The summed E-state index contributed by atoms with van der Waals surface area (Å²) < 4.78 is 40.2. The molecule has 3 saturated heterocycles. The molecule has 2 atom stereocenters. The number of hydrogen-bond acceptors (Lipinski definition) is 4. The van der Waals surface area contributed by atoms with Gasteiger partial charge < -0.3 is 29.9 Å². The Labute approximate surface area is 243 Å². The Morgan fingerprint density at radius 1 is 0.690 bits per heavy atom. The number of piperazine rings is 1. The number of nitrogens with zero attached hydrogens (tertiary/aromatic N) is 2. The highest BCUT2D eigenvalue weighted by atomic mass is 19.1. The summed E-state index contributed by atoms with van der Waals surface area (Å²) in [5, 5.41) is 4.36. The second kappa shape index (κ2) is 12.5. The average molecular weight is 579 g/mol. The first-order chi connectivity index (χ1) is 20.4. The van der Waals surface area contributed by atoms with E-state index in [0.29, 0.717) is 43.2 Å². The molecular formula is C32H36F2N4O4+2. The van der Waals surface area contributed by atoms with Crippen LogP contribution >= 0.6 is 0 Å². The lowest BCUT2D eigenvalue weighted by Gasteiger charge is -2.35. The van der Waals surface area contributed by atoms with Gasteiger partial charge in [-0.25, -0.2) is 8.78 Å². The number of benzene rings is 3. The number of quaternary nitrogens is 2. The molecule has 0 aliphatic carbocycles. The van der Waals surface area contributed by atoms with E-state index in [4.69, 9.17) is 9.47 Å². The number of amides is 2. The van der Waals surface area contributed by atoms with E-state index < -0.39 is 5.82 Å². The number of nitrogens with two attached hydrogens (primary N) is 2. The van der Waals surface area contributed by atoms with Crippen molar-refractivity contribution in [2.75, 3.05) is 52.4 Å². The lowest BCUT2D eigenvalue weighted by molar-refractivity contribution is -0.638. The molecule has 3 aromatic rings. The Kier molecular flexibility index (Phi) is 8.34. The third-order valence-corrected chi connectivity index (χ3v) is 8.20. The summed E-state index contributed by atoms with van der Waals surface area (Å²) in [5.41, 5.74) is 2.24. The van der Waals surface area contributed by atoms with Crippen molar-refractivity contribution in [3.8, 4) is 22.6 Å². The molecule has 220 valence electrons. The Morgan fingerprint density at radius 2 is 1.31 bits per heavy atom. The van der Waals surface area contributed by atoms with E-state index in [-0.39, 0.29) is 35.4 Å². The fourth-order valence-electron chi connectivity index (χ4n) is 5.89. The van der Waals surface area contributed by atoms with Gasteiger partial charge in [-0.05, 0) is 48.0 Å². The van der Waals surface area contributed by atoms with Crippen molar-refractivity contribution in [2.45, 2.75) is 25.0 Å². The Balaban J connectivity index is 1.13. The number of carbonyl (C=O) groups is 2. The standard InChI is InChI=1S/C32H34F2N4O4/c33-24-4-1-21(2-5-24)29-17-22(3-6-30(29)42-27-8-10-36-20-27)31(39)37-11-13-38(14-12-37)32(40)23-15-25(34)18-28(16-23)41-26-7-9-35-19-26/h1-6,15-18,26-27,35-36H,7-14,19-20H2/p+2/t26-,27-/m0/s1. The third kappa shape index (κ3) is 6.39. The van der Waals surface area contributed by atoms with Gasteiger partial charge in [0.25, 0.3) is 11.8 Å². The number of rotatable bonds is 7. The first-order valence-electron chi connectivity index (χ1n) is 14.7.